The first-order valence-corrected chi connectivity index (χ1v) is 8.78. The van der Waals surface area contributed by atoms with Crippen molar-refractivity contribution in [2.24, 2.45) is 23.7 Å². The summed E-state index contributed by atoms with van der Waals surface area (Å²) in [4.78, 5) is 4.78. The maximum Gasteiger partial charge on any atom is 0.127 e. The topological polar surface area (TPSA) is 17.8 Å². The lowest BCUT2D eigenvalue weighted by atomic mass is 10.0. The zero-order valence-electron chi connectivity index (χ0n) is 12.0. The quantitative estimate of drug-likeness (QED) is 0.695. The summed E-state index contributed by atoms with van der Waals surface area (Å²) in [6.45, 7) is 2.02. The second kappa shape index (κ2) is 4.17. The smallest absolute Gasteiger partial charge is 0.127 e. The lowest BCUT2D eigenvalue weighted by molar-refractivity contribution is 0.451. The number of nitrogens with zero attached hydrogens (tertiary/aromatic N) is 2. The zero-order chi connectivity index (χ0) is 14.3. The first-order chi connectivity index (χ1) is 10.1. The molecular formula is C17H18Cl2N2. The zero-order valence-corrected chi connectivity index (χ0v) is 13.5. The number of hydrogen-bond acceptors (Lipinski definition) is 1. The molecule has 2 aromatic rings. The van der Waals surface area contributed by atoms with Crippen molar-refractivity contribution in [3.8, 4) is 0 Å². The van der Waals surface area contributed by atoms with E-state index in [1.54, 1.807) is 0 Å². The molecule has 1 aromatic carbocycles. The van der Waals surface area contributed by atoms with E-state index in [2.05, 4.69) is 10.6 Å². The molecule has 1 aromatic heterocycles. The Balaban J connectivity index is 1.68. The number of imidazole rings is 1. The highest BCUT2D eigenvalue weighted by Crippen LogP contribution is 2.72. The molecule has 4 heteroatoms. The predicted molar refractivity (Wildman–Crippen MR) is 85.9 cm³/mol. The van der Waals surface area contributed by atoms with E-state index < -0.39 is 0 Å². The van der Waals surface area contributed by atoms with Crippen LogP contribution in [0, 0.1) is 23.7 Å². The highest BCUT2D eigenvalue weighted by atomic mass is 35.5. The Bertz CT molecular complexity index is 720. The van der Waals surface area contributed by atoms with Crippen LogP contribution in [-0.2, 0) is 0 Å². The van der Waals surface area contributed by atoms with E-state index in [9.17, 15) is 0 Å². The highest BCUT2D eigenvalue weighted by molar-refractivity contribution is 6.31. The van der Waals surface area contributed by atoms with Crippen molar-refractivity contribution in [1.82, 2.24) is 9.55 Å². The van der Waals surface area contributed by atoms with Crippen LogP contribution in [0.3, 0.4) is 0 Å². The Morgan fingerprint density at radius 2 is 1.95 bits per heavy atom. The van der Waals surface area contributed by atoms with E-state index in [1.807, 2.05) is 19.1 Å². The van der Waals surface area contributed by atoms with Crippen molar-refractivity contribution in [3.63, 3.8) is 0 Å². The lowest BCUT2D eigenvalue weighted by Gasteiger charge is -2.15. The standard InChI is InChI=1S/C17H18Cl2N2/c1-8(18)17-20-12-5-4-11(19)7-13(12)21(17)16-14-9-2-3-10(6-9)15(14)16/h4-5,7-10,14-16H,2-3,6H2,1H3. The molecule has 5 atom stereocenters. The van der Waals surface area contributed by atoms with Crippen LogP contribution in [0.25, 0.3) is 11.0 Å². The Hall–Kier alpha value is -0.730. The molecule has 110 valence electrons. The first kappa shape index (κ1) is 12.8. The van der Waals surface area contributed by atoms with Crippen LogP contribution < -0.4 is 0 Å². The van der Waals surface area contributed by atoms with Crippen molar-refractivity contribution in [2.45, 2.75) is 37.6 Å². The van der Waals surface area contributed by atoms with Crippen LogP contribution in [0.15, 0.2) is 18.2 Å². The van der Waals surface area contributed by atoms with Crippen LogP contribution in [0.4, 0.5) is 0 Å². The summed E-state index contributed by atoms with van der Waals surface area (Å²) in [6, 6.07) is 6.61. The van der Waals surface area contributed by atoms with Gasteiger partial charge in [0, 0.05) is 11.1 Å². The van der Waals surface area contributed by atoms with Gasteiger partial charge < -0.3 is 4.57 Å². The highest BCUT2D eigenvalue weighted by Gasteiger charge is 2.66. The second-order valence-corrected chi connectivity index (χ2v) is 8.16. The van der Waals surface area contributed by atoms with E-state index in [0.29, 0.717) is 6.04 Å². The summed E-state index contributed by atoms with van der Waals surface area (Å²) in [7, 11) is 0. The lowest BCUT2D eigenvalue weighted by Crippen LogP contribution is -2.09. The summed E-state index contributed by atoms with van der Waals surface area (Å²) >= 11 is 12.6. The van der Waals surface area contributed by atoms with Gasteiger partial charge in [-0.25, -0.2) is 4.98 Å². The number of rotatable bonds is 2. The number of halogens is 2. The number of alkyl halides is 1. The minimum absolute atomic E-state index is 0.0600. The Morgan fingerprint density at radius 1 is 1.24 bits per heavy atom. The molecule has 0 radical (unpaired) electrons. The van der Waals surface area contributed by atoms with E-state index in [4.69, 9.17) is 28.2 Å². The molecule has 0 spiro atoms. The Morgan fingerprint density at radius 3 is 2.62 bits per heavy atom. The molecule has 5 rings (SSSR count). The van der Waals surface area contributed by atoms with Crippen LogP contribution >= 0.6 is 23.2 Å². The van der Waals surface area contributed by atoms with E-state index in [-0.39, 0.29) is 5.38 Å². The molecular weight excluding hydrogens is 303 g/mol. The molecule has 2 nitrogen and oxygen atoms in total. The molecule has 21 heavy (non-hydrogen) atoms. The van der Waals surface area contributed by atoms with Gasteiger partial charge in [-0.3, -0.25) is 0 Å². The monoisotopic (exact) mass is 320 g/mol. The van der Waals surface area contributed by atoms with E-state index in [1.165, 1.54) is 24.8 Å². The fourth-order valence-electron chi connectivity index (χ4n) is 5.30. The molecule has 0 aliphatic heterocycles. The third kappa shape index (κ3) is 1.64. The minimum Gasteiger partial charge on any atom is -0.323 e. The van der Waals surface area contributed by atoms with Gasteiger partial charge in [0.05, 0.1) is 16.4 Å². The van der Waals surface area contributed by atoms with Crippen molar-refractivity contribution < 1.29 is 0 Å². The van der Waals surface area contributed by atoms with Crippen molar-refractivity contribution in [3.05, 3.63) is 29.0 Å². The first-order valence-electron chi connectivity index (χ1n) is 7.96. The van der Waals surface area contributed by atoms with Crippen molar-refractivity contribution >= 4 is 34.2 Å². The van der Waals surface area contributed by atoms with Gasteiger partial charge in [-0.1, -0.05) is 11.6 Å². The van der Waals surface area contributed by atoms with Crippen molar-refractivity contribution in [1.29, 1.82) is 0 Å². The van der Waals surface area contributed by atoms with Crippen LogP contribution in [0.5, 0.6) is 0 Å². The van der Waals surface area contributed by atoms with Gasteiger partial charge in [0.15, 0.2) is 0 Å². The molecule has 0 saturated heterocycles. The maximum absolute atomic E-state index is 6.42. The van der Waals surface area contributed by atoms with Gasteiger partial charge in [0.25, 0.3) is 0 Å². The van der Waals surface area contributed by atoms with Crippen LogP contribution in [0.1, 0.15) is 43.4 Å². The molecule has 3 aliphatic carbocycles. The molecule has 0 N–H and O–H groups in total. The van der Waals surface area contributed by atoms with Gasteiger partial charge in [-0.15, -0.1) is 11.6 Å². The Labute approximate surface area is 134 Å². The summed E-state index contributed by atoms with van der Waals surface area (Å²) < 4.78 is 2.43. The van der Waals surface area contributed by atoms with Crippen LogP contribution in [0.2, 0.25) is 5.02 Å². The summed E-state index contributed by atoms with van der Waals surface area (Å²) in [5.74, 6) is 4.65. The fourth-order valence-corrected chi connectivity index (χ4v) is 5.62. The SMILES string of the molecule is CC(Cl)c1nc2ccc(Cl)cc2n1C1C2C3CCC(C3)C21. The third-order valence-electron chi connectivity index (χ3n) is 6.03. The molecule has 3 fully saturated rings. The van der Waals surface area contributed by atoms with Gasteiger partial charge in [-0.2, -0.15) is 0 Å². The van der Waals surface area contributed by atoms with Gasteiger partial charge >= 0.3 is 0 Å². The largest absolute Gasteiger partial charge is 0.323 e. The average Bonchev–Trinajstić information content (AvgIpc) is 2.81. The molecule has 2 bridgehead atoms. The molecule has 3 saturated carbocycles. The van der Waals surface area contributed by atoms with Crippen molar-refractivity contribution in [2.75, 3.05) is 0 Å². The van der Waals surface area contributed by atoms with Crippen LogP contribution in [-0.4, -0.2) is 9.55 Å². The number of fused-ring (bicyclic) bond motifs is 6. The maximum atomic E-state index is 6.42. The summed E-state index contributed by atoms with van der Waals surface area (Å²) in [5, 5.41) is 0.723. The molecule has 3 aliphatic rings. The Kier molecular flexibility index (Phi) is 2.54. The summed E-state index contributed by atoms with van der Waals surface area (Å²) in [6.07, 6.45) is 4.33. The minimum atomic E-state index is -0.0600. The van der Waals surface area contributed by atoms with Gasteiger partial charge in [0.2, 0.25) is 0 Å². The number of aromatic nitrogens is 2. The normalized spacial score (nSPS) is 38.0. The predicted octanol–water partition coefficient (Wildman–Crippen LogP) is 5.21. The van der Waals surface area contributed by atoms with Gasteiger partial charge in [-0.05, 0) is 68.1 Å². The van der Waals surface area contributed by atoms with Gasteiger partial charge in [0.1, 0.15) is 5.82 Å². The number of hydrogen-bond donors (Lipinski definition) is 0. The van der Waals surface area contributed by atoms with E-state index >= 15 is 0 Å². The molecule has 0 amide bonds. The third-order valence-corrected chi connectivity index (χ3v) is 6.46. The van der Waals surface area contributed by atoms with E-state index in [0.717, 1.165) is 40.0 Å². The molecule has 1 heterocycles. The number of benzene rings is 1. The second-order valence-electron chi connectivity index (χ2n) is 7.07. The fraction of sp³-hybridized carbons (Fsp3) is 0.588. The average molecular weight is 321 g/mol. The summed E-state index contributed by atoms with van der Waals surface area (Å²) in [5.41, 5.74) is 2.20. The molecule has 5 unspecified atom stereocenters.